The number of carbonyl (C=O) groups is 2. The summed E-state index contributed by atoms with van der Waals surface area (Å²) < 4.78 is 22.6. The molecule has 3 rings (SSSR count). The van der Waals surface area contributed by atoms with Crippen LogP contribution >= 0.6 is 0 Å². The van der Waals surface area contributed by atoms with Crippen molar-refractivity contribution in [3.05, 3.63) is 24.4 Å². The summed E-state index contributed by atoms with van der Waals surface area (Å²) in [5, 5.41) is 12.4. The Morgan fingerprint density at radius 2 is 2.09 bits per heavy atom. The van der Waals surface area contributed by atoms with Crippen molar-refractivity contribution >= 4 is 38.2 Å². The summed E-state index contributed by atoms with van der Waals surface area (Å²) in [7, 11) is -3.10. The van der Waals surface area contributed by atoms with Crippen molar-refractivity contribution in [2.24, 2.45) is 0 Å². The molecule has 9 heteroatoms. The highest BCUT2D eigenvalue weighted by Crippen LogP contribution is 2.16. The Labute approximate surface area is 126 Å². The first kappa shape index (κ1) is 14.5. The minimum Gasteiger partial charge on any atom is -0.344 e. The molecule has 0 aliphatic carbocycles. The predicted octanol–water partition coefficient (Wildman–Crippen LogP) is -0.195. The van der Waals surface area contributed by atoms with Gasteiger partial charge in [0, 0.05) is 17.1 Å². The number of carbonyl (C=O) groups excluding carboxylic acids is 2. The van der Waals surface area contributed by atoms with Gasteiger partial charge in [0.15, 0.2) is 9.84 Å². The number of fused-ring (bicyclic) bond motifs is 1. The Balaban J connectivity index is 1.62. The Bertz CT molecular complexity index is 843. The topological polar surface area (TPSA) is 121 Å². The zero-order valence-electron chi connectivity index (χ0n) is 11.5. The highest BCUT2D eigenvalue weighted by Gasteiger charge is 2.30. The fourth-order valence-corrected chi connectivity index (χ4v) is 4.04. The fraction of sp³-hybridized carbons (Fsp3) is 0.308. The fourth-order valence-electron chi connectivity index (χ4n) is 2.36. The Morgan fingerprint density at radius 3 is 2.82 bits per heavy atom. The molecule has 1 unspecified atom stereocenters. The molecule has 2 heterocycles. The van der Waals surface area contributed by atoms with E-state index >= 15 is 0 Å². The van der Waals surface area contributed by atoms with E-state index in [1.807, 2.05) is 0 Å². The maximum Gasteiger partial charge on any atom is 0.313 e. The zero-order chi connectivity index (χ0) is 15.7. The lowest BCUT2D eigenvalue weighted by atomic mass is 10.2. The molecular weight excluding hydrogens is 308 g/mol. The number of hydrogen-bond acceptors (Lipinski definition) is 5. The van der Waals surface area contributed by atoms with Crippen molar-refractivity contribution in [3.8, 4) is 0 Å². The summed E-state index contributed by atoms with van der Waals surface area (Å²) in [4.78, 5) is 23.6. The molecule has 22 heavy (non-hydrogen) atoms. The highest BCUT2D eigenvalue weighted by molar-refractivity contribution is 7.91. The number of nitrogens with zero attached hydrogens (tertiary/aromatic N) is 1. The quantitative estimate of drug-likeness (QED) is 0.661. The summed E-state index contributed by atoms with van der Waals surface area (Å²) in [6.45, 7) is 0. The number of rotatable bonds is 2. The highest BCUT2D eigenvalue weighted by atomic mass is 32.2. The molecule has 116 valence electrons. The summed E-state index contributed by atoms with van der Waals surface area (Å²) in [5.74, 6) is -1.75. The smallest absolute Gasteiger partial charge is 0.313 e. The minimum absolute atomic E-state index is 0.0378. The number of hydrogen-bond donors (Lipinski definition) is 3. The van der Waals surface area contributed by atoms with E-state index in [0.717, 1.165) is 10.9 Å². The van der Waals surface area contributed by atoms with Crippen molar-refractivity contribution in [1.82, 2.24) is 15.5 Å². The van der Waals surface area contributed by atoms with E-state index in [4.69, 9.17) is 0 Å². The van der Waals surface area contributed by atoms with Gasteiger partial charge in [-0.15, -0.1) is 0 Å². The Morgan fingerprint density at radius 1 is 1.27 bits per heavy atom. The van der Waals surface area contributed by atoms with Crippen molar-refractivity contribution in [2.75, 3.05) is 16.8 Å². The Hall–Kier alpha value is -2.42. The van der Waals surface area contributed by atoms with E-state index in [1.165, 1.54) is 0 Å². The molecule has 0 saturated carbocycles. The van der Waals surface area contributed by atoms with Crippen LogP contribution in [0.15, 0.2) is 24.4 Å². The van der Waals surface area contributed by atoms with Gasteiger partial charge in [-0.25, -0.2) is 8.42 Å². The summed E-state index contributed by atoms with van der Waals surface area (Å²) in [6, 6.07) is 4.57. The second kappa shape index (κ2) is 5.41. The molecule has 1 saturated heterocycles. The van der Waals surface area contributed by atoms with Gasteiger partial charge in [-0.3, -0.25) is 14.7 Å². The molecule has 0 bridgehead atoms. The van der Waals surface area contributed by atoms with Gasteiger partial charge in [0.2, 0.25) is 0 Å². The van der Waals surface area contributed by atoms with Crippen LogP contribution in [0.1, 0.15) is 6.42 Å². The van der Waals surface area contributed by atoms with Crippen LogP contribution in [-0.4, -0.2) is 48.0 Å². The second-order valence-corrected chi connectivity index (χ2v) is 7.43. The van der Waals surface area contributed by atoms with Crippen LogP contribution in [0.4, 0.5) is 5.69 Å². The molecule has 0 spiro atoms. The lowest BCUT2D eigenvalue weighted by Crippen LogP contribution is -2.42. The van der Waals surface area contributed by atoms with Gasteiger partial charge in [0.05, 0.1) is 23.2 Å². The maximum absolute atomic E-state index is 11.8. The second-order valence-electron chi connectivity index (χ2n) is 5.20. The number of nitrogens with one attached hydrogen (secondary N) is 3. The molecule has 1 aliphatic rings. The van der Waals surface area contributed by atoms with Crippen molar-refractivity contribution < 1.29 is 18.0 Å². The number of sulfone groups is 1. The van der Waals surface area contributed by atoms with Gasteiger partial charge in [0.25, 0.3) is 0 Å². The zero-order valence-corrected chi connectivity index (χ0v) is 12.3. The molecule has 1 fully saturated rings. The summed E-state index contributed by atoms with van der Waals surface area (Å²) >= 11 is 0. The van der Waals surface area contributed by atoms with Gasteiger partial charge in [-0.05, 0) is 24.6 Å². The largest absolute Gasteiger partial charge is 0.344 e. The van der Waals surface area contributed by atoms with E-state index in [0.29, 0.717) is 12.1 Å². The van der Waals surface area contributed by atoms with Crippen LogP contribution in [0, 0.1) is 0 Å². The van der Waals surface area contributed by atoms with Crippen molar-refractivity contribution in [3.63, 3.8) is 0 Å². The van der Waals surface area contributed by atoms with Crippen LogP contribution in [0.2, 0.25) is 0 Å². The number of aromatic amines is 1. The molecule has 2 amide bonds. The average molecular weight is 322 g/mol. The van der Waals surface area contributed by atoms with Crippen LogP contribution in [-0.2, 0) is 19.4 Å². The minimum atomic E-state index is -3.10. The van der Waals surface area contributed by atoms with Crippen molar-refractivity contribution in [1.29, 1.82) is 0 Å². The van der Waals surface area contributed by atoms with E-state index in [9.17, 15) is 18.0 Å². The van der Waals surface area contributed by atoms with E-state index < -0.39 is 27.7 Å². The molecule has 1 aliphatic heterocycles. The molecule has 1 aromatic carbocycles. The lowest BCUT2D eigenvalue weighted by Gasteiger charge is -2.10. The number of amides is 2. The normalized spacial score (nSPS) is 19.9. The van der Waals surface area contributed by atoms with Gasteiger partial charge in [-0.1, -0.05) is 0 Å². The number of anilines is 1. The summed E-state index contributed by atoms with van der Waals surface area (Å²) in [5.41, 5.74) is 1.19. The van der Waals surface area contributed by atoms with Crippen LogP contribution in [0.3, 0.4) is 0 Å². The van der Waals surface area contributed by atoms with E-state index in [2.05, 4.69) is 20.8 Å². The third-order valence-electron chi connectivity index (χ3n) is 3.47. The monoisotopic (exact) mass is 322 g/mol. The van der Waals surface area contributed by atoms with E-state index in [-0.39, 0.29) is 11.5 Å². The third-order valence-corrected chi connectivity index (χ3v) is 5.24. The van der Waals surface area contributed by atoms with Crippen LogP contribution < -0.4 is 10.6 Å². The summed E-state index contributed by atoms with van der Waals surface area (Å²) in [6.07, 6.45) is 1.98. The standard InChI is InChI=1S/C13H14N4O4S/c18-12(13(19)16-10-3-4-22(20,21)7-10)15-9-2-1-8-6-14-17-11(8)5-9/h1-2,5-6,10H,3-4,7H2,(H,14,17)(H,15,18)(H,16,19). The van der Waals surface area contributed by atoms with Crippen LogP contribution in [0.25, 0.3) is 10.9 Å². The first-order chi connectivity index (χ1) is 10.4. The molecule has 1 aromatic heterocycles. The first-order valence-corrected chi connectivity index (χ1v) is 8.50. The molecule has 2 aromatic rings. The third kappa shape index (κ3) is 3.08. The molecule has 8 nitrogen and oxygen atoms in total. The number of H-pyrrole nitrogens is 1. The predicted molar refractivity (Wildman–Crippen MR) is 79.9 cm³/mol. The SMILES string of the molecule is O=C(Nc1ccc2cn[nH]c2c1)C(=O)NC1CCS(=O)(=O)C1. The first-order valence-electron chi connectivity index (χ1n) is 6.68. The molecule has 1 atom stereocenters. The van der Waals surface area contributed by atoms with E-state index in [1.54, 1.807) is 24.4 Å². The maximum atomic E-state index is 11.8. The van der Waals surface area contributed by atoms with Gasteiger partial charge in [0.1, 0.15) is 0 Å². The molecule has 3 N–H and O–H groups in total. The molecule has 0 radical (unpaired) electrons. The van der Waals surface area contributed by atoms with Gasteiger partial charge in [-0.2, -0.15) is 5.10 Å². The number of benzene rings is 1. The average Bonchev–Trinajstić information content (AvgIpc) is 3.04. The van der Waals surface area contributed by atoms with Gasteiger partial charge >= 0.3 is 11.8 Å². The Kier molecular flexibility index (Phi) is 3.57. The number of aromatic nitrogens is 2. The lowest BCUT2D eigenvalue weighted by molar-refractivity contribution is -0.136. The van der Waals surface area contributed by atoms with Crippen molar-refractivity contribution in [2.45, 2.75) is 12.5 Å². The van der Waals surface area contributed by atoms with Crippen LogP contribution in [0.5, 0.6) is 0 Å². The molecular formula is C13H14N4O4S. The van der Waals surface area contributed by atoms with Gasteiger partial charge < -0.3 is 10.6 Å².